The second-order valence-corrected chi connectivity index (χ2v) is 6.81. The third-order valence-electron chi connectivity index (χ3n) is 4.67. The molecule has 5 nitrogen and oxygen atoms in total. The summed E-state index contributed by atoms with van der Waals surface area (Å²) in [5.41, 5.74) is 0.857. The highest BCUT2D eigenvalue weighted by molar-refractivity contribution is 6.30. The number of rotatable bonds is 7. The fraction of sp³-hybridized carbons (Fsp3) is 0.556. The average Bonchev–Trinajstić information content (AvgIpc) is 2.60. The van der Waals surface area contributed by atoms with Crippen molar-refractivity contribution in [3.05, 3.63) is 34.9 Å². The predicted octanol–water partition coefficient (Wildman–Crippen LogP) is 2.50. The molecule has 0 saturated heterocycles. The summed E-state index contributed by atoms with van der Waals surface area (Å²) in [4.78, 5) is 25.3. The summed E-state index contributed by atoms with van der Waals surface area (Å²) in [6, 6.07) is 6.74. The number of amides is 2. The number of halogens is 1. The molecule has 2 amide bonds. The molecule has 0 heterocycles. The van der Waals surface area contributed by atoms with Gasteiger partial charge in [0, 0.05) is 17.6 Å². The topological polar surface area (TPSA) is 69.6 Å². The van der Waals surface area contributed by atoms with E-state index in [0.29, 0.717) is 5.02 Å². The van der Waals surface area contributed by atoms with Gasteiger partial charge >= 0.3 is 0 Å². The van der Waals surface area contributed by atoms with Crippen molar-refractivity contribution in [3.63, 3.8) is 0 Å². The highest BCUT2D eigenvalue weighted by Crippen LogP contribution is 2.24. The lowest BCUT2D eigenvalue weighted by molar-refractivity contribution is -0.137. The van der Waals surface area contributed by atoms with E-state index in [1.807, 2.05) is 6.07 Å². The van der Waals surface area contributed by atoms with Gasteiger partial charge in [0.05, 0.1) is 6.04 Å². The first-order chi connectivity index (χ1) is 11.5. The number of nitrogens with zero attached hydrogens (tertiary/aromatic N) is 1. The molecule has 0 aromatic heterocycles. The number of nitrogens with one attached hydrogen (secondary N) is 1. The summed E-state index contributed by atoms with van der Waals surface area (Å²) in [6.45, 7) is 2.00. The smallest absolute Gasteiger partial charge is 0.251 e. The Morgan fingerprint density at radius 2 is 2.12 bits per heavy atom. The van der Waals surface area contributed by atoms with Crippen molar-refractivity contribution < 1.29 is 14.7 Å². The lowest BCUT2D eigenvalue weighted by Crippen LogP contribution is -2.52. The molecule has 0 aliphatic heterocycles. The number of carbonyl (C=O) groups excluding carboxylic acids is 2. The molecule has 1 fully saturated rings. The zero-order chi connectivity index (χ0) is 17.5. The van der Waals surface area contributed by atoms with Gasteiger partial charge in [-0.25, -0.2) is 0 Å². The van der Waals surface area contributed by atoms with Crippen LogP contribution in [0.15, 0.2) is 24.3 Å². The minimum absolute atomic E-state index is 0.113. The minimum Gasteiger partial charge on any atom is -0.381 e. The van der Waals surface area contributed by atoms with Crippen molar-refractivity contribution in [2.75, 3.05) is 0 Å². The van der Waals surface area contributed by atoms with Gasteiger partial charge < -0.3 is 15.3 Å². The van der Waals surface area contributed by atoms with E-state index >= 15 is 0 Å². The van der Waals surface area contributed by atoms with Crippen molar-refractivity contribution in [1.29, 1.82) is 0 Å². The maximum atomic E-state index is 12.2. The molecule has 2 rings (SSSR count). The van der Waals surface area contributed by atoms with Gasteiger partial charge in [-0.15, -0.1) is 0 Å². The van der Waals surface area contributed by atoms with Crippen LogP contribution in [-0.2, 0) is 16.1 Å². The van der Waals surface area contributed by atoms with Crippen LogP contribution in [0.25, 0.3) is 0 Å². The first kappa shape index (κ1) is 18.7. The van der Waals surface area contributed by atoms with Crippen LogP contribution in [0.5, 0.6) is 0 Å². The van der Waals surface area contributed by atoms with Crippen LogP contribution in [0.2, 0.25) is 5.02 Å². The van der Waals surface area contributed by atoms with Crippen molar-refractivity contribution in [2.45, 2.75) is 63.8 Å². The predicted molar refractivity (Wildman–Crippen MR) is 93.5 cm³/mol. The van der Waals surface area contributed by atoms with Crippen LogP contribution in [0.4, 0.5) is 0 Å². The molecule has 1 aliphatic carbocycles. The van der Waals surface area contributed by atoms with Crippen LogP contribution >= 0.6 is 11.6 Å². The second kappa shape index (κ2) is 9.04. The minimum atomic E-state index is -1.25. The van der Waals surface area contributed by atoms with Crippen LogP contribution in [0.3, 0.4) is 0 Å². The van der Waals surface area contributed by atoms with Gasteiger partial charge in [-0.3, -0.25) is 9.59 Å². The van der Waals surface area contributed by atoms with E-state index in [1.165, 1.54) is 6.42 Å². The van der Waals surface area contributed by atoms with E-state index in [4.69, 9.17) is 11.6 Å². The number of hydrogen-bond acceptors (Lipinski definition) is 3. The van der Waals surface area contributed by atoms with E-state index < -0.39 is 18.1 Å². The van der Waals surface area contributed by atoms with Crippen molar-refractivity contribution in [3.8, 4) is 0 Å². The number of aliphatic hydroxyl groups is 1. The average molecular weight is 353 g/mol. The van der Waals surface area contributed by atoms with Gasteiger partial charge in [0.15, 0.2) is 6.10 Å². The molecule has 6 heteroatoms. The summed E-state index contributed by atoms with van der Waals surface area (Å²) in [7, 11) is 0. The van der Waals surface area contributed by atoms with Crippen molar-refractivity contribution >= 4 is 23.9 Å². The monoisotopic (exact) mass is 352 g/mol. The van der Waals surface area contributed by atoms with Crippen LogP contribution in [0, 0.1) is 0 Å². The van der Waals surface area contributed by atoms with Gasteiger partial charge in [0.2, 0.25) is 6.41 Å². The zero-order valence-electron chi connectivity index (χ0n) is 14.0. The summed E-state index contributed by atoms with van der Waals surface area (Å²) in [6.07, 6.45) is 4.71. The van der Waals surface area contributed by atoms with E-state index in [9.17, 15) is 14.7 Å². The molecular formula is C18H25ClN2O3. The summed E-state index contributed by atoms with van der Waals surface area (Å²) >= 11 is 5.91. The highest BCUT2D eigenvalue weighted by atomic mass is 35.5. The van der Waals surface area contributed by atoms with Gasteiger partial charge in [-0.2, -0.15) is 0 Å². The Labute approximate surface area is 148 Å². The third kappa shape index (κ3) is 4.95. The van der Waals surface area contributed by atoms with E-state index in [1.54, 1.807) is 30.0 Å². The Balaban J connectivity index is 1.91. The fourth-order valence-electron chi connectivity index (χ4n) is 3.22. The summed E-state index contributed by atoms with van der Waals surface area (Å²) in [5.74, 6) is -0.481. The van der Waals surface area contributed by atoms with Crippen LogP contribution in [-0.4, -0.2) is 40.5 Å². The van der Waals surface area contributed by atoms with Gasteiger partial charge in [0.1, 0.15) is 0 Å². The normalized spacial score (nSPS) is 17.8. The Morgan fingerprint density at radius 1 is 1.42 bits per heavy atom. The molecule has 1 aromatic carbocycles. The Kier molecular flexibility index (Phi) is 7.06. The molecule has 2 atom stereocenters. The van der Waals surface area contributed by atoms with E-state index in [0.717, 1.165) is 37.7 Å². The summed E-state index contributed by atoms with van der Waals surface area (Å²) < 4.78 is 0. The largest absolute Gasteiger partial charge is 0.381 e. The maximum Gasteiger partial charge on any atom is 0.251 e. The molecule has 24 heavy (non-hydrogen) atoms. The maximum absolute atomic E-state index is 12.2. The van der Waals surface area contributed by atoms with Crippen molar-refractivity contribution in [1.82, 2.24) is 10.2 Å². The summed E-state index contributed by atoms with van der Waals surface area (Å²) in [5, 5.41) is 13.6. The third-order valence-corrected chi connectivity index (χ3v) is 4.90. The molecule has 1 aromatic rings. The fourth-order valence-corrected chi connectivity index (χ4v) is 3.43. The van der Waals surface area contributed by atoms with E-state index in [2.05, 4.69) is 5.32 Å². The highest BCUT2D eigenvalue weighted by Gasteiger charge is 2.31. The van der Waals surface area contributed by atoms with Gasteiger partial charge in [0.25, 0.3) is 5.91 Å². The molecule has 1 aliphatic rings. The Morgan fingerprint density at radius 3 is 2.75 bits per heavy atom. The number of carbonyl (C=O) groups is 2. The molecule has 1 saturated carbocycles. The molecule has 0 spiro atoms. The van der Waals surface area contributed by atoms with Crippen LogP contribution in [0.1, 0.15) is 44.6 Å². The number of benzene rings is 1. The second-order valence-electron chi connectivity index (χ2n) is 6.38. The quantitative estimate of drug-likeness (QED) is 0.741. The molecule has 2 N–H and O–H groups in total. The standard InChI is InChI=1S/C18H25ClN2O3/c1-13(21(12-22)16-8-3-2-4-9-16)17(23)18(24)20-11-14-6-5-7-15(19)10-14/h5-7,10,12-13,16-17,23H,2-4,8-9,11H2,1H3,(H,20,24). The SMILES string of the molecule is CC(C(O)C(=O)NCc1cccc(Cl)c1)N(C=O)C1CCCCC1. The Hall–Kier alpha value is -1.59. The van der Waals surface area contributed by atoms with Crippen molar-refractivity contribution in [2.24, 2.45) is 0 Å². The van der Waals surface area contributed by atoms with E-state index in [-0.39, 0.29) is 12.6 Å². The first-order valence-electron chi connectivity index (χ1n) is 8.46. The van der Waals surface area contributed by atoms with Crippen LogP contribution < -0.4 is 5.32 Å². The van der Waals surface area contributed by atoms with Gasteiger partial charge in [-0.1, -0.05) is 43.0 Å². The number of hydrogen-bond donors (Lipinski definition) is 2. The lowest BCUT2D eigenvalue weighted by atomic mass is 9.93. The zero-order valence-corrected chi connectivity index (χ0v) is 14.7. The first-order valence-corrected chi connectivity index (χ1v) is 8.83. The molecule has 0 bridgehead atoms. The van der Waals surface area contributed by atoms with Gasteiger partial charge in [-0.05, 0) is 37.5 Å². The number of aliphatic hydroxyl groups excluding tert-OH is 1. The molecule has 132 valence electrons. The molecular weight excluding hydrogens is 328 g/mol. The Bertz CT molecular complexity index is 561. The molecule has 2 unspecified atom stereocenters. The molecule has 0 radical (unpaired) electrons. The lowest BCUT2D eigenvalue weighted by Gasteiger charge is -2.37.